The van der Waals surface area contributed by atoms with Gasteiger partial charge in [-0.25, -0.2) is 9.18 Å². The number of thioether (sulfide) groups is 1. The van der Waals surface area contributed by atoms with E-state index in [-0.39, 0.29) is 29.3 Å². The van der Waals surface area contributed by atoms with Crippen LogP contribution in [0.25, 0.3) is 11.5 Å². The average Bonchev–Trinajstić information content (AvgIpc) is 2.95. The van der Waals surface area contributed by atoms with Crippen molar-refractivity contribution in [2.75, 3.05) is 12.4 Å². The van der Waals surface area contributed by atoms with Gasteiger partial charge in [0.15, 0.2) is 0 Å². The second kappa shape index (κ2) is 7.55. The van der Waals surface area contributed by atoms with Crippen LogP contribution in [-0.2, 0) is 9.53 Å². The van der Waals surface area contributed by atoms with Gasteiger partial charge in [-0.15, -0.1) is 10.2 Å². The van der Waals surface area contributed by atoms with Gasteiger partial charge in [0.25, 0.3) is 5.22 Å². The van der Waals surface area contributed by atoms with Gasteiger partial charge in [-0.1, -0.05) is 11.8 Å². The number of nitrogens with zero attached hydrogens (tertiary/aromatic N) is 2. The summed E-state index contributed by atoms with van der Waals surface area (Å²) in [6.45, 7) is 1.81. The molecule has 0 bridgehead atoms. The molecule has 0 aliphatic heterocycles. The third-order valence-electron chi connectivity index (χ3n) is 2.34. The molecule has 1 N–H and O–H groups in total. The molecule has 0 atom stereocenters. The highest BCUT2D eigenvalue weighted by molar-refractivity contribution is 7.99. The molecule has 0 unspecified atom stereocenters. The maximum atomic E-state index is 12.8. The number of carbonyl (C=O) groups excluding carboxylic acids is 2. The van der Waals surface area contributed by atoms with Crippen molar-refractivity contribution in [1.82, 2.24) is 15.5 Å². The normalized spacial score (nSPS) is 10.3. The van der Waals surface area contributed by atoms with Crippen molar-refractivity contribution in [3.05, 3.63) is 30.1 Å². The van der Waals surface area contributed by atoms with Crippen molar-refractivity contribution >= 4 is 23.8 Å². The van der Waals surface area contributed by atoms with E-state index in [0.29, 0.717) is 5.56 Å². The highest BCUT2D eigenvalue weighted by Crippen LogP contribution is 2.23. The Morgan fingerprint density at radius 2 is 2.05 bits per heavy atom. The minimum Gasteiger partial charge on any atom is -0.450 e. The first-order chi connectivity index (χ1) is 10.6. The molecule has 1 aromatic heterocycles. The fraction of sp³-hybridized carbons (Fsp3) is 0.231. The van der Waals surface area contributed by atoms with Crippen LogP contribution in [0.3, 0.4) is 0 Å². The number of imide groups is 1. The van der Waals surface area contributed by atoms with Crippen molar-refractivity contribution in [3.8, 4) is 11.5 Å². The minimum absolute atomic E-state index is 0.0795. The molecule has 22 heavy (non-hydrogen) atoms. The Kier molecular flexibility index (Phi) is 5.48. The molecule has 1 heterocycles. The van der Waals surface area contributed by atoms with Crippen LogP contribution >= 0.6 is 11.8 Å². The zero-order valence-electron chi connectivity index (χ0n) is 11.5. The zero-order chi connectivity index (χ0) is 15.9. The van der Waals surface area contributed by atoms with E-state index in [1.54, 1.807) is 6.92 Å². The van der Waals surface area contributed by atoms with Crippen LogP contribution in [0.2, 0.25) is 0 Å². The van der Waals surface area contributed by atoms with E-state index in [1.165, 1.54) is 24.3 Å². The van der Waals surface area contributed by atoms with E-state index in [9.17, 15) is 14.0 Å². The molecular formula is C13H12FN3O4S. The topological polar surface area (TPSA) is 94.3 Å². The Morgan fingerprint density at radius 3 is 2.73 bits per heavy atom. The summed E-state index contributed by atoms with van der Waals surface area (Å²) < 4.78 is 22.7. The number of amides is 2. The third kappa shape index (κ3) is 4.55. The van der Waals surface area contributed by atoms with Crippen LogP contribution in [0, 0.1) is 5.82 Å². The Hall–Kier alpha value is -2.42. The molecule has 0 radical (unpaired) electrons. The molecule has 0 saturated heterocycles. The summed E-state index contributed by atoms with van der Waals surface area (Å²) in [5.41, 5.74) is 0.566. The fourth-order valence-corrected chi connectivity index (χ4v) is 1.98. The van der Waals surface area contributed by atoms with Gasteiger partial charge < -0.3 is 9.15 Å². The SMILES string of the molecule is CCOC(=O)NC(=O)CSc1nnc(-c2ccc(F)cc2)o1. The van der Waals surface area contributed by atoms with Gasteiger partial charge in [0.05, 0.1) is 12.4 Å². The quantitative estimate of drug-likeness (QED) is 0.842. The van der Waals surface area contributed by atoms with Crippen molar-refractivity contribution in [3.63, 3.8) is 0 Å². The zero-order valence-corrected chi connectivity index (χ0v) is 12.4. The van der Waals surface area contributed by atoms with E-state index < -0.39 is 12.0 Å². The molecule has 0 fully saturated rings. The number of rotatable bonds is 5. The highest BCUT2D eigenvalue weighted by Gasteiger charge is 2.13. The molecule has 9 heteroatoms. The predicted molar refractivity (Wildman–Crippen MR) is 75.6 cm³/mol. The lowest BCUT2D eigenvalue weighted by Crippen LogP contribution is -2.32. The van der Waals surface area contributed by atoms with Crippen molar-refractivity contribution < 1.29 is 23.1 Å². The fourth-order valence-electron chi connectivity index (χ4n) is 1.42. The molecule has 2 aromatic rings. The second-order valence-corrected chi connectivity index (χ2v) is 4.86. The van der Waals surface area contributed by atoms with Gasteiger partial charge in [-0.3, -0.25) is 10.1 Å². The van der Waals surface area contributed by atoms with Gasteiger partial charge in [0, 0.05) is 5.56 Å². The molecule has 0 aliphatic rings. The van der Waals surface area contributed by atoms with Gasteiger partial charge in [-0.05, 0) is 31.2 Å². The number of ether oxygens (including phenoxy) is 1. The number of hydrogen-bond acceptors (Lipinski definition) is 7. The maximum absolute atomic E-state index is 12.8. The summed E-state index contributed by atoms with van der Waals surface area (Å²) >= 11 is 0.973. The number of aromatic nitrogens is 2. The van der Waals surface area contributed by atoms with Gasteiger partial charge in [0.2, 0.25) is 11.8 Å². The maximum Gasteiger partial charge on any atom is 0.413 e. The van der Waals surface area contributed by atoms with Crippen LogP contribution in [0.1, 0.15) is 6.92 Å². The number of alkyl carbamates (subject to hydrolysis) is 1. The van der Waals surface area contributed by atoms with Crippen molar-refractivity contribution in [1.29, 1.82) is 0 Å². The minimum atomic E-state index is -0.800. The monoisotopic (exact) mass is 325 g/mol. The van der Waals surface area contributed by atoms with Crippen molar-refractivity contribution in [2.24, 2.45) is 0 Å². The first-order valence-corrected chi connectivity index (χ1v) is 7.26. The largest absolute Gasteiger partial charge is 0.450 e. The number of hydrogen-bond donors (Lipinski definition) is 1. The molecule has 1 aromatic carbocycles. The van der Waals surface area contributed by atoms with E-state index >= 15 is 0 Å². The molecule has 0 aliphatic carbocycles. The Morgan fingerprint density at radius 1 is 1.32 bits per heavy atom. The van der Waals surface area contributed by atoms with Crippen LogP contribution in [-0.4, -0.2) is 34.6 Å². The Labute approximate surface area is 129 Å². The molecule has 0 spiro atoms. The lowest BCUT2D eigenvalue weighted by atomic mass is 10.2. The highest BCUT2D eigenvalue weighted by atomic mass is 32.2. The van der Waals surface area contributed by atoms with E-state index in [1.807, 2.05) is 5.32 Å². The predicted octanol–water partition coefficient (Wildman–Crippen LogP) is 2.24. The van der Waals surface area contributed by atoms with Crippen LogP contribution in [0.4, 0.5) is 9.18 Å². The van der Waals surface area contributed by atoms with E-state index in [2.05, 4.69) is 14.9 Å². The Balaban J connectivity index is 1.88. The summed E-state index contributed by atoms with van der Waals surface area (Å²) in [4.78, 5) is 22.5. The second-order valence-electron chi connectivity index (χ2n) is 3.94. The number of benzene rings is 1. The standard InChI is InChI=1S/C13H12FN3O4S/c1-2-20-12(19)15-10(18)7-22-13-17-16-11(21-13)8-3-5-9(14)6-4-8/h3-6H,2,7H2,1H3,(H,15,18,19). The van der Waals surface area contributed by atoms with Crippen LogP contribution < -0.4 is 5.32 Å². The van der Waals surface area contributed by atoms with Gasteiger partial charge in [-0.2, -0.15) is 0 Å². The summed E-state index contributed by atoms with van der Waals surface area (Å²) in [5, 5.41) is 9.77. The number of halogens is 1. The third-order valence-corrected chi connectivity index (χ3v) is 3.16. The summed E-state index contributed by atoms with van der Waals surface area (Å²) in [7, 11) is 0. The molecule has 7 nitrogen and oxygen atoms in total. The van der Waals surface area contributed by atoms with Crippen molar-refractivity contribution in [2.45, 2.75) is 12.1 Å². The first kappa shape index (κ1) is 16.0. The van der Waals surface area contributed by atoms with E-state index in [4.69, 9.17) is 4.42 Å². The molecule has 0 saturated carbocycles. The smallest absolute Gasteiger partial charge is 0.413 e. The van der Waals surface area contributed by atoms with Gasteiger partial charge in [0.1, 0.15) is 5.82 Å². The average molecular weight is 325 g/mol. The van der Waals surface area contributed by atoms with Gasteiger partial charge >= 0.3 is 6.09 Å². The number of nitrogens with one attached hydrogen (secondary N) is 1. The van der Waals surface area contributed by atoms with Crippen LogP contribution in [0.5, 0.6) is 0 Å². The lowest BCUT2D eigenvalue weighted by Gasteiger charge is -2.02. The molecule has 116 valence electrons. The summed E-state index contributed by atoms with van der Waals surface area (Å²) in [5.74, 6) is -0.768. The Bertz CT molecular complexity index is 660. The molecule has 2 rings (SSSR count). The summed E-state index contributed by atoms with van der Waals surface area (Å²) in [6.07, 6.45) is -0.800. The van der Waals surface area contributed by atoms with E-state index in [0.717, 1.165) is 11.8 Å². The number of carbonyl (C=O) groups is 2. The first-order valence-electron chi connectivity index (χ1n) is 6.27. The van der Waals surface area contributed by atoms with Crippen LogP contribution in [0.15, 0.2) is 33.9 Å². The molecule has 2 amide bonds. The molecular weight excluding hydrogens is 313 g/mol. The lowest BCUT2D eigenvalue weighted by molar-refractivity contribution is -0.117. The summed E-state index contributed by atoms with van der Waals surface area (Å²) in [6, 6.07) is 5.56.